The highest BCUT2D eigenvalue weighted by molar-refractivity contribution is 6.30. The molecule has 3 nitrogen and oxygen atoms in total. The molecule has 0 saturated heterocycles. The van der Waals surface area contributed by atoms with Crippen LogP contribution in [0.1, 0.15) is 23.1 Å². The normalized spacial score (nSPS) is 12.4. The summed E-state index contributed by atoms with van der Waals surface area (Å²) >= 11 is 5.93. The predicted molar refractivity (Wildman–Crippen MR) is 84.2 cm³/mol. The van der Waals surface area contributed by atoms with Gasteiger partial charge >= 0.3 is 0 Å². The fraction of sp³-hybridized carbons (Fsp3) is 0.118. The van der Waals surface area contributed by atoms with E-state index in [1.807, 2.05) is 6.92 Å². The van der Waals surface area contributed by atoms with Gasteiger partial charge in [-0.2, -0.15) is 0 Å². The topological polar surface area (TPSA) is 48.9 Å². The lowest BCUT2D eigenvalue weighted by atomic mass is 10.0. The predicted octanol–water partition coefficient (Wildman–Crippen LogP) is 4.26. The number of hydrogen-bond acceptors (Lipinski definition) is 2. The summed E-state index contributed by atoms with van der Waals surface area (Å²) in [6.45, 7) is 1.88. The SMILES string of the molecule is Cc1cc(Cl)ccc1C(O)c1ncc(-c2cccc(F)c2)[nH]1. The Morgan fingerprint density at radius 1 is 1.23 bits per heavy atom. The standard InChI is InChI=1S/C17H14ClFN2O/c1-10-7-12(18)5-6-14(10)16(22)17-20-9-15(21-17)11-3-2-4-13(19)8-11/h2-9,16,22H,1H3,(H,20,21). The number of halogens is 2. The number of aromatic nitrogens is 2. The van der Waals surface area contributed by atoms with Gasteiger partial charge in [0, 0.05) is 10.6 Å². The van der Waals surface area contributed by atoms with Crippen LogP contribution in [-0.4, -0.2) is 15.1 Å². The number of hydrogen-bond donors (Lipinski definition) is 2. The lowest BCUT2D eigenvalue weighted by Gasteiger charge is -2.11. The Hall–Kier alpha value is -2.17. The van der Waals surface area contributed by atoms with E-state index in [-0.39, 0.29) is 5.82 Å². The first-order chi connectivity index (χ1) is 10.5. The molecule has 0 fully saturated rings. The minimum atomic E-state index is -0.889. The van der Waals surface area contributed by atoms with Crippen LogP contribution in [0.25, 0.3) is 11.3 Å². The van der Waals surface area contributed by atoms with Crippen LogP contribution in [-0.2, 0) is 0 Å². The molecule has 22 heavy (non-hydrogen) atoms. The molecule has 0 aliphatic carbocycles. The van der Waals surface area contributed by atoms with Crippen LogP contribution in [0.15, 0.2) is 48.7 Å². The van der Waals surface area contributed by atoms with Crippen LogP contribution in [0.5, 0.6) is 0 Å². The van der Waals surface area contributed by atoms with Gasteiger partial charge in [-0.1, -0.05) is 29.8 Å². The van der Waals surface area contributed by atoms with Crippen LogP contribution in [0.4, 0.5) is 4.39 Å². The van der Waals surface area contributed by atoms with E-state index in [9.17, 15) is 9.50 Å². The lowest BCUT2D eigenvalue weighted by molar-refractivity contribution is 0.210. The Labute approximate surface area is 132 Å². The largest absolute Gasteiger partial charge is 0.380 e. The molecule has 1 atom stereocenters. The van der Waals surface area contributed by atoms with Crippen LogP contribution in [0, 0.1) is 12.7 Å². The first kappa shape index (κ1) is 14.8. The van der Waals surface area contributed by atoms with Crippen molar-refractivity contribution in [2.75, 3.05) is 0 Å². The average Bonchev–Trinajstić information content (AvgIpc) is 2.96. The number of rotatable bonds is 3. The zero-order chi connectivity index (χ0) is 15.7. The number of benzene rings is 2. The van der Waals surface area contributed by atoms with Crippen molar-refractivity contribution in [2.24, 2.45) is 0 Å². The fourth-order valence-electron chi connectivity index (χ4n) is 2.37. The van der Waals surface area contributed by atoms with E-state index in [0.29, 0.717) is 22.1 Å². The highest BCUT2D eigenvalue weighted by Gasteiger charge is 2.17. The zero-order valence-corrected chi connectivity index (χ0v) is 12.6. The minimum absolute atomic E-state index is 0.317. The molecule has 5 heteroatoms. The zero-order valence-electron chi connectivity index (χ0n) is 11.8. The molecular weight excluding hydrogens is 303 g/mol. The summed E-state index contributed by atoms with van der Waals surface area (Å²) in [5.41, 5.74) is 2.94. The summed E-state index contributed by atoms with van der Waals surface area (Å²) < 4.78 is 13.3. The Bertz CT molecular complexity index is 816. The van der Waals surface area contributed by atoms with Gasteiger partial charge in [0.2, 0.25) is 0 Å². The van der Waals surface area contributed by atoms with Crippen LogP contribution < -0.4 is 0 Å². The van der Waals surface area contributed by atoms with E-state index in [0.717, 1.165) is 11.1 Å². The Balaban J connectivity index is 1.93. The minimum Gasteiger partial charge on any atom is -0.380 e. The summed E-state index contributed by atoms with van der Waals surface area (Å²) in [7, 11) is 0. The van der Waals surface area contributed by atoms with Crippen LogP contribution in [0.2, 0.25) is 5.02 Å². The smallest absolute Gasteiger partial charge is 0.140 e. The van der Waals surface area contributed by atoms with Gasteiger partial charge in [0.15, 0.2) is 0 Å². The molecule has 0 aliphatic rings. The Kier molecular flexibility index (Phi) is 3.96. The third-order valence-electron chi connectivity index (χ3n) is 3.52. The molecule has 2 aromatic carbocycles. The molecule has 1 aromatic heterocycles. The maximum Gasteiger partial charge on any atom is 0.140 e. The number of imidazole rings is 1. The molecule has 112 valence electrons. The van der Waals surface area contributed by atoms with Gasteiger partial charge in [-0.25, -0.2) is 9.37 Å². The lowest BCUT2D eigenvalue weighted by Crippen LogP contribution is -2.04. The van der Waals surface area contributed by atoms with Gasteiger partial charge in [0.05, 0.1) is 11.9 Å². The van der Waals surface area contributed by atoms with Crippen molar-refractivity contribution >= 4 is 11.6 Å². The van der Waals surface area contributed by atoms with Gasteiger partial charge in [0.1, 0.15) is 17.7 Å². The van der Waals surface area contributed by atoms with Gasteiger partial charge in [0.25, 0.3) is 0 Å². The Morgan fingerprint density at radius 2 is 2.05 bits per heavy atom. The van der Waals surface area contributed by atoms with E-state index >= 15 is 0 Å². The van der Waals surface area contributed by atoms with E-state index in [4.69, 9.17) is 11.6 Å². The molecule has 0 spiro atoms. The molecule has 0 saturated carbocycles. The van der Waals surface area contributed by atoms with Gasteiger partial charge < -0.3 is 10.1 Å². The second-order valence-electron chi connectivity index (χ2n) is 5.10. The summed E-state index contributed by atoms with van der Waals surface area (Å²) in [6.07, 6.45) is 0.693. The summed E-state index contributed by atoms with van der Waals surface area (Å²) in [4.78, 5) is 7.24. The molecule has 1 unspecified atom stereocenters. The highest BCUT2D eigenvalue weighted by Crippen LogP contribution is 2.27. The van der Waals surface area contributed by atoms with Crippen molar-refractivity contribution < 1.29 is 9.50 Å². The number of aliphatic hydroxyl groups is 1. The Morgan fingerprint density at radius 3 is 2.77 bits per heavy atom. The second kappa shape index (κ2) is 5.91. The second-order valence-corrected chi connectivity index (χ2v) is 5.53. The summed E-state index contributed by atoms with van der Waals surface area (Å²) in [6, 6.07) is 11.5. The molecule has 0 aliphatic heterocycles. The number of nitrogens with zero attached hydrogens (tertiary/aromatic N) is 1. The monoisotopic (exact) mass is 316 g/mol. The average molecular weight is 317 g/mol. The number of aryl methyl sites for hydroxylation is 1. The van der Waals surface area contributed by atoms with Gasteiger partial charge in [-0.3, -0.25) is 0 Å². The molecule has 0 bridgehead atoms. The first-order valence-electron chi connectivity index (χ1n) is 6.79. The van der Waals surface area contributed by atoms with Crippen molar-refractivity contribution in [1.29, 1.82) is 0 Å². The number of H-pyrrole nitrogens is 1. The third kappa shape index (κ3) is 2.89. The highest BCUT2D eigenvalue weighted by atomic mass is 35.5. The van der Waals surface area contributed by atoms with Gasteiger partial charge in [-0.15, -0.1) is 0 Å². The van der Waals surface area contributed by atoms with E-state index < -0.39 is 6.10 Å². The quantitative estimate of drug-likeness (QED) is 0.758. The molecular formula is C17H14ClFN2O. The van der Waals surface area contributed by atoms with E-state index in [1.54, 1.807) is 36.5 Å². The van der Waals surface area contributed by atoms with Crippen LogP contribution >= 0.6 is 11.6 Å². The molecule has 0 amide bonds. The van der Waals surface area contributed by atoms with E-state index in [1.165, 1.54) is 12.1 Å². The molecule has 1 heterocycles. The molecule has 3 rings (SSSR count). The fourth-order valence-corrected chi connectivity index (χ4v) is 2.60. The molecule has 2 N–H and O–H groups in total. The summed E-state index contributed by atoms with van der Waals surface area (Å²) in [5.74, 6) is 0.0902. The van der Waals surface area contributed by atoms with E-state index in [2.05, 4.69) is 9.97 Å². The van der Waals surface area contributed by atoms with Crippen molar-refractivity contribution in [3.63, 3.8) is 0 Å². The molecule has 0 radical (unpaired) electrons. The maximum atomic E-state index is 13.3. The van der Waals surface area contributed by atoms with Crippen LogP contribution in [0.3, 0.4) is 0 Å². The van der Waals surface area contributed by atoms with Crippen molar-refractivity contribution in [3.05, 3.63) is 76.5 Å². The number of aliphatic hydroxyl groups excluding tert-OH is 1. The molecule has 3 aromatic rings. The third-order valence-corrected chi connectivity index (χ3v) is 3.75. The summed E-state index contributed by atoms with van der Waals surface area (Å²) in [5, 5.41) is 11.1. The van der Waals surface area contributed by atoms with Crippen molar-refractivity contribution in [2.45, 2.75) is 13.0 Å². The first-order valence-corrected chi connectivity index (χ1v) is 7.17. The van der Waals surface area contributed by atoms with Crippen molar-refractivity contribution in [3.8, 4) is 11.3 Å². The van der Waals surface area contributed by atoms with Gasteiger partial charge in [-0.05, 0) is 42.3 Å². The number of aromatic amines is 1. The maximum absolute atomic E-state index is 13.3. The van der Waals surface area contributed by atoms with Crippen molar-refractivity contribution in [1.82, 2.24) is 9.97 Å². The number of nitrogens with one attached hydrogen (secondary N) is 1.